The number of pyridine rings is 1. The maximum Gasteiger partial charge on any atom is 0.243 e. The Balaban J connectivity index is 0.00000341. The fourth-order valence-corrected chi connectivity index (χ4v) is 3.71. The third-order valence-corrected chi connectivity index (χ3v) is 5.70. The third kappa shape index (κ3) is 8.44. The van der Waals surface area contributed by atoms with Crippen molar-refractivity contribution in [1.82, 2.24) is 20.5 Å². The zero-order chi connectivity index (χ0) is 21.3. The number of aromatic nitrogens is 1. The number of likely N-dealkylation sites (N-methyl/N-ethyl adjacent to an activating group) is 1. The summed E-state index contributed by atoms with van der Waals surface area (Å²) in [5.74, 6) is 1.73. The van der Waals surface area contributed by atoms with E-state index < -0.39 is 0 Å². The number of nitrogens with zero attached hydrogens (tertiary/aromatic N) is 4. The van der Waals surface area contributed by atoms with Gasteiger partial charge in [0.2, 0.25) is 5.91 Å². The largest absolute Gasteiger partial charge is 0.376 e. The number of halogens is 1. The van der Waals surface area contributed by atoms with Crippen molar-refractivity contribution in [2.45, 2.75) is 51.2 Å². The fraction of sp³-hybridized carbons (Fsp3) is 0.682. The summed E-state index contributed by atoms with van der Waals surface area (Å²) in [7, 11) is 3.51. The molecule has 9 heteroatoms. The van der Waals surface area contributed by atoms with Crippen molar-refractivity contribution in [2.24, 2.45) is 4.99 Å². The SMILES string of the molecule is Cc1ccc(N2CCC(NC(=NCC(=O)N(C)C)NCC3CCCCO3)CC2)nc1.I. The van der Waals surface area contributed by atoms with Crippen molar-refractivity contribution < 1.29 is 9.53 Å². The highest BCUT2D eigenvalue weighted by Gasteiger charge is 2.22. The Hall–Kier alpha value is -1.62. The van der Waals surface area contributed by atoms with Gasteiger partial charge in [0.05, 0.1) is 6.10 Å². The Bertz CT molecular complexity index is 698. The summed E-state index contributed by atoms with van der Waals surface area (Å²) in [4.78, 5) is 25.0. The molecule has 0 bridgehead atoms. The number of rotatable bonds is 6. The number of hydrogen-bond acceptors (Lipinski definition) is 5. The molecule has 1 aromatic heterocycles. The second-order valence-corrected chi connectivity index (χ2v) is 8.42. The molecule has 2 fully saturated rings. The van der Waals surface area contributed by atoms with Gasteiger partial charge in [0.1, 0.15) is 12.4 Å². The van der Waals surface area contributed by atoms with Crippen LogP contribution in [0.1, 0.15) is 37.7 Å². The topological polar surface area (TPSA) is 82.1 Å². The fourth-order valence-electron chi connectivity index (χ4n) is 3.71. The van der Waals surface area contributed by atoms with Crippen molar-refractivity contribution in [3.05, 3.63) is 23.9 Å². The lowest BCUT2D eigenvalue weighted by Crippen LogP contribution is -2.50. The van der Waals surface area contributed by atoms with Crippen molar-refractivity contribution in [2.75, 3.05) is 51.8 Å². The lowest BCUT2D eigenvalue weighted by Gasteiger charge is -2.34. The predicted molar refractivity (Wildman–Crippen MR) is 135 cm³/mol. The van der Waals surface area contributed by atoms with Gasteiger partial charge in [-0.15, -0.1) is 24.0 Å². The molecule has 2 aliphatic heterocycles. The molecule has 2 aliphatic rings. The zero-order valence-corrected chi connectivity index (χ0v) is 21.3. The molecule has 0 spiro atoms. The summed E-state index contributed by atoms with van der Waals surface area (Å²) in [6.07, 6.45) is 7.54. The molecule has 1 amide bonds. The number of anilines is 1. The lowest BCUT2D eigenvalue weighted by molar-refractivity contribution is -0.127. The van der Waals surface area contributed by atoms with Crippen molar-refractivity contribution in [1.29, 1.82) is 0 Å². The highest BCUT2D eigenvalue weighted by molar-refractivity contribution is 14.0. The van der Waals surface area contributed by atoms with Crippen LogP contribution in [0.25, 0.3) is 0 Å². The molecule has 2 N–H and O–H groups in total. The van der Waals surface area contributed by atoms with Gasteiger partial charge in [-0.2, -0.15) is 0 Å². The van der Waals surface area contributed by atoms with Gasteiger partial charge in [0.25, 0.3) is 0 Å². The maximum absolute atomic E-state index is 12.0. The van der Waals surface area contributed by atoms with Crippen LogP contribution in [0.2, 0.25) is 0 Å². The Morgan fingerprint density at radius 3 is 2.65 bits per heavy atom. The number of carbonyl (C=O) groups excluding carboxylic acids is 1. The standard InChI is InChI=1S/C22H36N6O2.HI/c1-17-7-8-20(23-14-17)28-11-9-18(10-12-28)26-22(25-16-21(29)27(2)3)24-15-19-6-4-5-13-30-19;/h7-8,14,18-19H,4-6,9-13,15-16H2,1-3H3,(H2,24,25,26);1H. The molecule has 174 valence electrons. The van der Waals surface area contributed by atoms with E-state index in [1.54, 1.807) is 19.0 Å². The summed E-state index contributed by atoms with van der Waals surface area (Å²) in [6, 6.07) is 4.52. The van der Waals surface area contributed by atoms with E-state index in [4.69, 9.17) is 4.74 Å². The predicted octanol–water partition coefficient (Wildman–Crippen LogP) is 2.17. The second-order valence-electron chi connectivity index (χ2n) is 8.42. The summed E-state index contributed by atoms with van der Waals surface area (Å²) < 4.78 is 5.82. The van der Waals surface area contributed by atoms with Crippen molar-refractivity contribution in [3.63, 3.8) is 0 Å². The quantitative estimate of drug-likeness (QED) is 0.325. The molecule has 0 saturated carbocycles. The lowest BCUT2D eigenvalue weighted by atomic mass is 10.1. The van der Waals surface area contributed by atoms with Gasteiger partial charge in [-0.3, -0.25) is 4.79 Å². The zero-order valence-electron chi connectivity index (χ0n) is 19.0. The summed E-state index contributed by atoms with van der Waals surface area (Å²) in [5.41, 5.74) is 1.18. The normalized spacial score (nSPS) is 20.0. The number of amides is 1. The van der Waals surface area contributed by atoms with Gasteiger partial charge in [-0.25, -0.2) is 9.98 Å². The van der Waals surface area contributed by atoms with E-state index in [-0.39, 0.29) is 42.5 Å². The van der Waals surface area contributed by atoms with Crippen molar-refractivity contribution >= 4 is 41.7 Å². The molecule has 0 aromatic carbocycles. The van der Waals surface area contributed by atoms with Crippen LogP contribution in [0, 0.1) is 6.92 Å². The first-order chi connectivity index (χ1) is 14.5. The Morgan fingerprint density at radius 2 is 2.03 bits per heavy atom. The van der Waals surface area contributed by atoms with Crippen LogP contribution >= 0.6 is 24.0 Å². The van der Waals surface area contributed by atoms with Gasteiger partial charge < -0.3 is 25.2 Å². The molecule has 1 unspecified atom stereocenters. The van der Waals surface area contributed by atoms with Gasteiger partial charge >= 0.3 is 0 Å². The summed E-state index contributed by atoms with van der Waals surface area (Å²) in [5, 5.41) is 6.93. The Morgan fingerprint density at radius 1 is 1.26 bits per heavy atom. The minimum Gasteiger partial charge on any atom is -0.376 e. The van der Waals surface area contributed by atoms with Crippen molar-refractivity contribution in [3.8, 4) is 0 Å². The van der Waals surface area contributed by atoms with E-state index in [9.17, 15) is 4.79 Å². The average molecular weight is 544 g/mol. The van der Waals surface area contributed by atoms with Gasteiger partial charge in [0.15, 0.2) is 5.96 Å². The molecular formula is C22H37IN6O2. The van der Waals surface area contributed by atoms with E-state index in [1.165, 1.54) is 12.0 Å². The Labute approximate surface area is 203 Å². The smallest absolute Gasteiger partial charge is 0.243 e. The van der Waals surface area contributed by atoms with E-state index in [0.717, 1.165) is 51.2 Å². The van der Waals surface area contributed by atoms with E-state index in [1.807, 2.05) is 6.20 Å². The average Bonchev–Trinajstić information content (AvgIpc) is 2.77. The number of guanidine groups is 1. The number of aliphatic imine (C=N–C) groups is 1. The number of aryl methyl sites for hydroxylation is 1. The third-order valence-electron chi connectivity index (χ3n) is 5.70. The van der Waals surface area contributed by atoms with Gasteiger partial charge in [-0.1, -0.05) is 6.07 Å². The van der Waals surface area contributed by atoms with E-state index >= 15 is 0 Å². The molecule has 1 atom stereocenters. The van der Waals surface area contributed by atoms with Crippen LogP contribution < -0.4 is 15.5 Å². The van der Waals surface area contributed by atoms with Gasteiger partial charge in [0, 0.05) is 52.6 Å². The molecule has 3 rings (SSSR count). The Kier molecular flexibility index (Phi) is 10.8. The van der Waals surface area contributed by atoms with Crippen LogP contribution in [-0.4, -0.2) is 80.8 Å². The van der Waals surface area contributed by atoms with Crippen LogP contribution in [0.4, 0.5) is 5.82 Å². The number of carbonyl (C=O) groups is 1. The van der Waals surface area contributed by atoms with Crippen LogP contribution in [0.5, 0.6) is 0 Å². The maximum atomic E-state index is 12.0. The summed E-state index contributed by atoms with van der Waals surface area (Å²) >= 11 is 0. The number of nitrogens with one attached hydrogen (secondary N) is 2. The monoisotopic (exact) mass is 544 g/mol. The minimum atomic E-state index is -0.00900. The number of hydrogen-bond donors (Lipinski definition) is 2. The highest BCUT2D eigenvalue weighted by atomic mass is 127. The molecule has 0 radical (unpaired) electrons. The number of ether oxygens (including phenoxy) is 1. The van der Waals surface area contributed by atoms with Crippen LogP contribution in [-0.2, 0) is 9.53 Å². The number of piperidine rings is 1. The molecule has 8 nitrogen and oxygen atoms in total. The first-order valence-corrected chi connectivity index (χ1v) is 11.1. The first kappa shape index (κ1) is 25.6. The minimum absolute atomic E-state index is 0. The second kappa shape index (κ2) is 13.0. The molecular weight excluding hydrogens is 507 g/mol. The first-order valence-electron chi connectivity index (χ1n) is 11.1. The van der Waals surface area contributed by atoms with Crippen LogP contribution in [0.3, 0.4) is 0 Å². The molecule has 1 aromatic rings. The molecule has 3 heterocycles. The molecule has 2 saturated heterocycles. The highest BCUT2D eigenvalue weighted by Crippen LogP contribution is 2.18. The van der Waals surface area contributed by atoms with Crippen LogP contribution in [0.15, 0.2) is 23.3 Å². The summed E-state index contributed by atoms with van der Waals surface area (Å²) in [6.45, 7) is 5.64. The van der Waals surface area contributed by atoms with E-state index in [2.05, 4.69) is 44.6 Å². The molecule has 31 heavy (non-hydrogen) atoms. The van der Waals surface area contributed by atoms with E-state index in [0.29, 0.717) is 18.5 Å². The van der Waals surface area contributed by atoms with Gasteiger partial charge in [-0.05, 0) is 50.7 Å². The molecule has 0 aliphatic carbocycles.